The molecule has 2 aliphatic rings. The number of pyridine rings is 1. The monoisotopic (exact) mass is 463 g/mol. The molecule has 2 aromatic carbocycles. The number of piperidine rings is 1. The van der Waals surface area contributed by atoms with Crippen LogP contribution in [0.3, 0.4) is 0 Å². The van der Waals surface area contributed by atoms with Crippen LogP contribution in [0, 0.1) is 18.2 Å². The number of benzene rings is 2. The van der Waals surface area contributed by atoms with E-state index in [0.29, 0.717) is 34.4 Å². The fourth-order valence-corrected chi connectivity index (χ4v) is 5.42. The highest BCUT2D eigenvalue weighted by Gasteiger charge is 2.51. The summed E-state index contributed by atoms with van der Waals surface area (Å²) in [5, 5.41) is 14.6. The lowest BCUT2D eigenvalue weighted by molar-refractivity contribution is -0.202. The molecular formula is C26H26FN3O4. The first-order valence-corrected chi connectivity index (χ1v) is 11.5. The van der Waals surface area contributed by atoms with Crippen LogP contribution in [0.5, 0.6) is 23.0 Å². The summed E-state index contributed by atoms with van der Waals surface area (Å²) < 4.78 is 33.4. The Hall–Kier alpha value is -3.36. The molecule has 0 amide bonds. The molecule has 0 radical (unpaired) electrons. The van der Waals surface area contributed by atoms with Gasteiger partial charge in [-0.15, -0.1) is 0 Å². The van der Waals surface area contributed by atoms with Crippen molar-refractivity contribution in [2.75, 3.05) is 26.8 Å². The van der Waals surface area contributed by atoms with Crippen molar-refractivity contribution < 1.29 is 23.7 Å². The number of phenolic OH excluding ortho intramolecular Hbond substituents is 1. The summed E-state index contributed by atoms with van der Waals surface area (Å²) >= 11 is 0. The van der Waals surface area contributed by atoms with E-state index in [9.17, 15) is 5.11 Å². The molecule has 7 nitrogen and oxygen atoms in total. The minimum atomic E-state index is -0.424. The molecule has 0 aliphatic carbocycles. The average Bonchev–Trinajstić information content (AvgIpc) is 3.16. The summed E-state index contributed by atoms with van der Waals surface area (Å²) in [6.07, 6.45) is 3.45. The van der Waals surface area contributed by atoms with Crippen molar-refractivity contribution in [1.29, 1.82) is 0 Å². The van der Waals surface area contributed by atoms with E-state index < -0.39 is 5.82 Å². The largest absolute Gasteiger partial charge is 0.504 e. The normalized spacial score (nSPS) is 19.4. The molecular weight excluding hydrogens is 437 g/mol. The van der Waals surface area contributed by atoms with E-state index in [4.69, 9.17) is 14.2 Å². The van der Waals surface area contributed by atoms with Gasteiger partial charge in [-0.25, -0.2) is 4.39 Å². The Morgan fingerprint density at radius 2 is 1.97 bits per heavy atom. The molecule has 34 heavy (non-hydrogen) atoms. The number of hydrogen-bond donors (Lipinski definition) is 3. The van der Waals surface area contributed by atoms with Crippen molar-refractivity contribution in [2.45, 2.75) is 25.9 Å². The third-order valence-electron chi connectivity index (χ3n) is 7.28. The number of fused-ring (bicyclic) bond motifs is 2. The molecule has 1 spiro atoms. The van der Waals surface area contributed by atoms with Gasteiger partial charge in [-0.1, -0.05) is 0 Å². The number of ether oxygens (including phenoxy) is 3. The fourth-order valence-electron chi connectivity index (χ4n) is 5.42. The van der Waals surface area contributed by atoms with Crippen LogP contribution in [0.2, 0.25) is 0 Å². The van der Waals surface area contributed by atoms with Crippen molar-refractivity contribution in [3.8, 4) is 23.0 Å². The van der Waals surface area contributed by atoms with Crippen molar-refractivity contribution in [3.63, 3.8) is 0 Å². The summed E-state index contributed by atoms with van der Waals surface area (Å²) in [5.74, 6) is 0.384. The lowest BCUT2D eigenvalue weighted by Gasteiger charge is -2.52. The first-order valence-electron chi connectivity index (χ1n) is 11.5. The zero-order valence-corrected chi connectivity index (χ0v) is 19.1. The van der Waals surface area contributed by atoms with Crippen LogP contribution in [-0.2, 0) is 4.74 Å². The summed E-state index contributed by atoms with van der Waals surface area (Å²) in [7, 11) is 1.47. The van der Waals surface area contributed by atoms with Crippen LogP contribution in [0.4, 0.5) is 4.39 Å². The molecule has 2 aromatic heterocycles. The maximum absolute atomic E-state index is 16.0. The van der Waals surface area contributed by atoms with Gasteiger partial charge in [0.05, 0.1) is 25.3 Å². The molecule has 6 rings (SSSR count). The Kier molecular flexibility index (Phi) is 4.89. The van der Waals surface area contributed by atoms with Gasteiger partial charge in [0, 0.05) is 45.2 Å². The van der Waals surface area contributed by atoms with Gasteiger partial charge in [0.2, 0.25) is 0 Å². The van der Waals surface area contributed by atoms with E-state index in [0.717, 1.165) is 42.7 Å². The van der Waals surface area contributed by atoms with Gasteiger partial charge in [0.15, 0.2) is 23.1 Å². The number of phenols is 1. The molecule has 1 atom stereocenters. The smallest absolute Gasteiger partial charge is 0.175 e. The Balaban J connectivity index is 1.44. The van der Waals surface area contributed by atoms with E-state index in [-0.39, 0.29) is 23.0 Å². The second kappa shape index (κ2) is 7.85. The van der Waals surface area contributed by atoms with Crippen LogP contribution in [0.15, 0.2) is 36.5 Å². The van der Waals surface area contributed by atoms with Gasteiger partial charge in [-0.05, 0) is 57.1 Å². The Morgan fingerprint density at radius 3 is 2.71 bits per heavy atom. The summed E-state index contributed by atoms with van der Waals surface area (Å²) in [5.41, 5.74) is 3.10. The number of aromatic amines is 1. The molecule has 8 heteroatoms. The molecule has 3 N–H and O–H groups in total. The number of halogens is 1. The van der Waals surface area contributed by atoms with Crippen molar-refractivity contribution >= 4 is 21.8 Å². The highest BCUT2D eigenvalue weighted by molar-refractivity contribution is 5.90. The number of aryl methyl sites for hydroxylation is 1. The quantitative estimate of drug-likeness (QED) is 0.390. The molecule has 2 saturated heterocycles. The van der Waals surface area contributed by atoms with Crippen molar-refractivity contribution in [2.24, 2.45) is 5.41 Å². The maximum Gasteiger partial charge on any atom is 0.175 e. The van der Waals surface area contributed by atoms with E-state index in [2.05, 4.69) is 15.3 Å². The van der Waals surface area contributed by atoms with E-state index in [1.165, 1.54) is 13.2 Å². The van der Waals surface area contributed by atoms with E-state index in [1.807, 2.05) is 13.0 Å². The lowest BCUT2D eigenvalue weighted by atomic mass is 9.68. The SMILES string of the molecule is COc1cc2c(Oc3ccc4[nH]c(C)c(C5OCC56CCNCC6)c4c3F)ccnc2cc1O. The minimum Gasteiger partial charge on any atom is -0.504 e. The van der Waals surface area contributed by atoms with Gasteiger partial charge in [-0.3, -0.25) is 4.98 Å². The highest BCUT2D eigenvalue weighted by atomic mass is 19.1. The van der Waals surface area contributed by atoms with E-state index >= 15 is 4.39 Å². The molecule has 0 saturated carbocycles. The topological polar surface area (TPSA) is 88.6 Å². The third kappa shape index (κ3) is 3.13. The molecule has 4 heterocycles. The summed E-state index contributed by atoms with van der Waals surface area (Å²) in [6, 6.07) is 8.28. The third-order valence-corrected chi connectivity index (χ3v) is 7.28. The molecule has 2 fully saturated rings. The van der Waals surface area contributed by atoms with Crippen LogP contribution in [0.25, 0.3) is 21.8 Å². The number of rotatable bonds is 4. The maximum atomic E-state index is 16.0. The zero-order valence-electron chi connectivity index (χ0n) is 19.1. The van der Waals surface area contributed by atoms with Crippen LogP contribution < -0.4 is 14.8 Å². The second-order valence-electron chi connectivity index (χ2n) is 9.22. The first kappa shape index (κ1) is 21.2. The number of hydrogen-bond acceptors (Lipinski definition) is 6. The first-order chi connectivity index (χ1) is 16.5. The van der Waals surface area contributed by atoms with Gasteiger partial charge in [0.1, 0.15) is 5.75 Å². The number of H-pyrrole nitrogens is 1. The van der Waals surface area contributed by atoms with Crippen LogP contribution in [0.1, 0.15) is 30.2 Å². The molecule has 2 aliphatic heterocycles. The summed E-state index contributed by atoms with van der Waals surface area (Å²) in [4.78, 5) is 7.62. The zero-order chi connectivity index (χ0) is 23.4. The highest BCUT2D eigenvalue weighted by Crippen LogP contribution is 2.55. The van der Waals surface area contributed by atoms with Crippen LogP contribution in [-0.4, -0.2) is 41.9 Å². The molecule has 1 unspecified atom stereocenters. The Labute approximate surface area is 195 Å². The number of nitrogens with one attached hydrogen (secondary N) is 2. The predicted octanol–water partition coefficient (Wildman–Crippen LogP) is 5.11. The standard InChI is InChI=1S/C26H26FN3O4/c1-14-22(25-26(13-33-25)6-9-28-10-7-26)23-16(30-14)3-4-20(24(23)27)34-19-5-8-29-17-12-18(31)21(32-2)11-15(17)19/h3-5,8,11-12,25,28,30-31H,6-7,9-10,13H2,1-2H3. The number of aromatic hydroxyl groups is 1. The summed E-state index contributed by atoms with van der Waals surface area (Å²) in [6.45, 7) is 4.58. The minimum absolute atomic E-state index is 0.0213. The number of methoxy groups -OCH3 is 1. The predicted molar refractivity (Wildman–Crippen MR) is 126 cm³/mol. The Bertz CT molecular complexity index is 1410. The molecule has 176 valence electrons. The van der Waals surface area contributed by atoms with E-state index in [1.54, 1.807) is 24.4 Å². The van der Waals surface area contributed by atoms with Gasteiger partial charge in [-0.2, -0.15) is 0 Å². The van der Waals surface area contributed by atoms with Crippen molar-refractivity contribution in [3.05, 3.63) is 53.6 Å². The average molecular weight is 464 g/mol. The van der Waals surface area contributed by atoms with Crippen molar-refractivity contribution in [1.82, 2.24) is 15.3 Å². The second-order valence-corrected chi connectivity index (χ2v) is 9.22. The fraction of sp³-hybridized carbons (Fsp3) is 0.346. The van der Waals surface area contributed by atoms with Crippen LogP contribution >= 0.6 is 0 Å². The van der Waals surface area contributed by atoms with Gasteiger partial charge < -0.3 is 29.6 Å². The Morgan fingerprint density at radius 1 is 1.15 bits per heavy atom. The molecule has 4 aromatic rings. The van der Waals surface area contributed by atoms with Gasteiger partial charge >= 0.3 is 0 Å². The number of aromatic nitrogens is 2. The lowest BCUT2D eigenvalue weighted by Crippen LogP contribution is -2.51. The molecule has 0 bridgehead atoms. The van der Waals surface area contributed by atoms with Gasteiger partial charge in [0.25, 0.3) is 0 Å². The number of nitrogens with zero attached hydrogens (tertiary/aromatic N) is 1.